The van der Waals surface area contributed by atoms with Gasteiger partial charge in [0.2, 0.25) is 11.8 Å². The molecule has 0 radical (unpaired) electrons. The number of hydrogen-bond donors (Lipinski definition) is 2. The van der Waals surface area contributed by atoms with Gasteiger partial charge in [-0.1, -0.05) is 59.6 Å². The van der Waals surface area contributed by atoms with E-state index in [9.17, 15) is 9.59 Å². The highest BCUT2D eigenvalue weighted by atomic mass is 35.5. The van der Waals surface area contributed by atoms with E-state index in [1.807, 2.05) is 24.3 Å². The molecule has 30 heavy (non-hydrogen) atoms. The van der Waals surface area contributed by atoms with E-state index in [0.29, 0.717) is 21.4 Å². The third-order valence-electron chi connectivity index (χ3n) is 3.99. The Bertz CT molecular complexity index is 1030. The van der Waals surface area contributed by atoms with Crippen LogP contribution in [0.3, 0.4) is 0 Å². The van der Waals surface area contributed by atoms with Crippen LogP contribution in [-0.2, 0) is 9.59 Å². The lowest BCUT2D eigenvalue weighted by Gasteiger charge is -2.10. The molecular weight excluding hydrogens is 419 g/mol. The summed E-state index contributed by atoms with van der Waals surface area (Å²) in [6, 6.07) is 21.3. The van der Waals surface area contributed by atoms with Crippen LogP contribution in [0.2, 0.25) is 10.0 Å². The Morgan fingerprint density at radius 1 is 0.633 bits per heavy atom. The molecule has 3 rings (SSSR count). The van der Waals surface area contributed by atoms with Crippen molar-refractivity contribution < 1.29 is 9.59 Å². The number of nitrogens with one attached hydrogen (secondary N) is 2. The highest BCUT2D eigenvalue weighted by Crippen LogP contribution is 2.21. The normalized spacial score (nSPS) is 11.0. The average Bonchev–Trinajstić information content (AvgIpc) is 2.72. The first-order valence-electron chi connectivity index (χ1n) is 9.08. The Hall–Kier alpha value is -3.34. The maximum Gasteiger partial charge on any atom is 0.248 e. The number of rotatable bonds is 6. The van der Waals surface area contributed by atoms with Gasteiger partial charge in [0.1, 0.15) is 0 Å². The fourth-order valence-corrected chi connectivity index (χ4v) is 3.01. The van der Waals surface area contributed by atoms with Crippen molar-refractivity contribution in [2.75, 3.05) is 10.6 Å². The minimum atomic E-state index is -0.328. The highest BCUT2D eigenvalue weighted by Gasteiger charge is 2.06. The van der Waals surface area contributed by atoms with E-state index in [-0.39, 0.29) is 11.8 Å². The van der Waals surface area contributed by atoms with Crippen molar-refractivity contribution in [2.45, 2.75) is 0 Å². The first-order chi connectivity index (χ1) is 14.5. The minimum Gasteiger partial charge on any atom is -0.321 e. The fourth-order valence-electron chi connectivity index (χ4n) is 2.61. The lowest BCUT2D eigenvalue weighted by molar-refractivity contribution is -0.112. The summed E-state index contributed by atoms with van der Waals surface area (Å²) < 4.78 is 0. The molecule has 0 saturated heterocycles. The van der Waals surface area contributed by atoms with Gasteiger partial charge in [-0.2, -0.15) is 0 Å². The smallest absolute Gasteiger partial charge is 0.248 e. The van der Waals surface area contributed by atoms with Crippen LogP contribution >= 0.6 is 23.2 Å². The minimum absolute atomic E-state index is 0.328. The van der Waals surface area contributed by atoms with E-state index in [4.69, 9.17) is 23.2 Å². The monoisotopic (exact) mass is 436 g/mol. The van der Waals surface area contributed by atoms with Crippen molar-refractivity contribution in [2.24, 2.45) is 0 Å². The lowest BCUT2D eigenvalue weighted by Crippen LogP contribution is -2.13. The van der Waals surface area contributed by atoms with Gasteiger partial charge in [0, 0.05) is 22.2 Å². The maximum absolute atomic E-state index is 12.3. The van der Waals surface area contributed by atoms with Crippen LogP contribution < -0.4 is 10.6 Å². The number of anilines is 2. The van der Waals surface area contributed by atoms with Crippen LogP contribution in [0.5, 0.6) is 0 Å². The van der Waals surface area contributed by atoms with Crippen molar-refractivity contribution in [3.8, 4) is 0 Å². The molecule has 0 spiro atoms. The van der Waals surface area contributed by atoms with Crippen molar-refractivity contribution in [1.29, 1.82) is 0 Å². The standard InChI is InChI=1S/C24H18Cl2N2O2/c25-19-7-3-5-17(15-19)11-13-23(29)27-21-9-1-2-10-22(21)28-24(30)14-12-18-6-4-8-20(26)16-18/h1-16H,(H,27,29)(H,28,30). The zero-order valence-electron chi connectivity index (χ0n) is 15.8. The molecule has 0 aliphatic carbocycles. The summed E-state index contributed by atoms with van der Waals surface area (Å²) in [7, 11) is 0. The molecule has 0 heterocycles. The number of halogens is 2. The molecule has 150 valence electrons. The second-order valence-corrected chi connectivity index (χ2v) is 7.17. The lowest BCUT2D eigenvalue weighted by atomic mass is 10.2. The van der Waals surface area contributed by atoms with Crippen LogP contribution in [0.4, 0.5) is 11.4 Å². The predicted octanol–water partition coefficient (Wildman–Crippen LogP) is 6.30. The number of carbonyl (C=O) groups excluding carboxylic acids is 2. The number of carbonyl (C=O) groups is 2. The first-order valence-corrected chi connectivity index (χ1v) is 9.83. The molecule has 6 heteroatoms. The van der Waals surface area contributed by atoms with Gasteiger partial charge >= 0.3 is 0 Å². The van der Waals surface area contributed by atoms with Gasteiger partial charge < -0.3 is 10.6 Å². The third-order valence-corrected chi connectivity index (χ3v) is 4.46. The van der Waals surface area contributed by atoms with Gasteiger partial charge in [-0.3, -0.25) is 9.59 Å². The third kappa shape index (κ3) is 6.62. The number of para-hydroxylation sites is 2. The van der Waals surface area contributed by atoms with E-state index in [2.05, 4.69) is 10.6 Å². The van der Waals surface area contributed by atoms with E-state index < -0.39 is 0 Å². The molecule has 0 unspecified atom stereocenters. The zero-order valence-corrected chi connectivity index (χ0v) is 17.3. The number of hydrogen-bond acceptors (Lipinski definition) is 2. The molecule has 3 aromatic rings. The van der Waals surface area contributed by atoms with Crippen LogP contribution in [0, 0.1) is 0 Å². The van der Waals surface area contributed by atoms with E-state index >= 15 is 0 Å². The molecule has 3 aromatic carbocycles. The van der Waals surface area contributed by atoms with Crippen LogP contribution in [0.15, 0.2) is 84.9 Å². The fraction of sp³-hybridized carbons (Fsp3) is 0. The summed E-state index contributed by atoms with van der Waals surface area (Å²) in [5.74, 6) is -0.655. The molecule has 2 amide bonds. The highest BCUT2D eigenvalue weighted by molar-refractivity contribution is 6.31. The second kappa shape index (κ2) is 10.4. The van der Waals surface area contributed by atoms with Crippen molar-refractivity contribution in [1.82, 2.24) is 0 Å². The van der Waals surface area contributed by atoms with E-state index in [1.54, 1.807) is 60.7 Å². The van der Waals surface area contributed by atoms with Gasteiger partial charge in [0.05, 0.1) is 11.4 Å². The Morgan fingerprint density at radius 3 is 1.47 bits per heavy atom. The quantitative estimate of drug-likeness (QED) is 0.445. The topological polar surface area (TPSA) is 58.2 Å². The van der Waals surface area contributed by atoms with Gasteiger partial charge in [-0.05, 0) is 59.7 Å². The molecule has 4 nitrogen and oxygen atoms in total. The van der Waals surface area contributed by atoms with Gasteiger partial charge in [0.25, 0.3) is 0 Å². The molecule has 0 bridgehead atoms. The molecule has 0 saturated carbocycles. The number of benzene rings is 3. The summed E-state index contributed by atoms with van der Waals surface area (Å²) in [5.41, 5.74) is 2.60. The van der Waals surface area contributed by atoms with Gasteiger partial charge in [-0.15, -0.1) is 0 Å². The average molecular weight is 437 g/mol. The summed E-state index contributed by atoms with van der Waals surface area (Å²) in [6.07, 6.45) is 6.14. The number of amides is 2. The Labute approximate surface area is 184 Å². The van der Waals surface area contributed by atoms with E-state index in [1.165, 1.54) is 12.2 Å². The van der Waals surface area contributed by atoms with Crippen LogP contribution in [-0.4, -0.2) is 11.8 Å². The largest absolute Gasteiger partial charge is 0.321 e. The SMILES string of the molecule is O=C(C=Cc1cccc(Cl)c1)Nc1ccccc1NC(=O)C=Cc1cccc(Cl)c1. The van der Waals surface area contributed by atoms with E-state index in [0.717, 1.165) is 11.1 Å². The first kappa shape index (κ1) is 21.4. The van der Waals surface area contributed by atoms with Crippen molar-refractivity contribution in [3.05, 3.63) is 106 Å². The van der Waals surface area contributed by atoms with Crippen LogP contribution in [0.25, 0.3) is 12.2 Å². The molecule has 0 aromatic heterocycles. The Morgan fingerprint density at radius 2 is 1.07 bits per heavy atom. The molecule has 0 fully saturated rings. The predicted molar refractivity (Wildman–Crippen MR) is 125 cm³/mol. The van der Waals surface area contributed by atoms with Gasteiger partial charge in [-0.25, -0.2) is 0 Å². The summed E-state index contributed by atoms with van der Waals surface area (Å²) in [5, 5.41) is 6.72. The van der Waals surface area contributed by atoms with Gasteiger partial charge in [0.15, 0.2) is 0 Å². The summed E-state index contributed by atoms with van der Waals surface area (Å²) in [6.45, 7) is 0. The summed E-state index contributed by atoms with van der Waals surface area (Å²) >= 11 is 11.9. The molecule has 0 aliphatic rings. The summed E-state index contributed by atoms with van der Waals surface area (Å²) in [4.78, 5) is 24.6. The second-order valence-electron chi connectivity index (χ2n) is 6.30. The van der Waals surface area contributed by atoms with Crippen molar-refractivity contribution in [3.63, 3.8) is 0 Å². The van der Waals surface area contributed by atoms with Crippen molar-refractivity contribution >= 4 is 58.5 Å². The molecule has 2 N–H and O–H groups in total. The molecular formula is C24H18Cl2N2O2. The maximum atomic E-state index is 12.3. The molecule has 0 atom stereocenters. The van der Waals surface area contributed by atoms with Crippen LogP contribution in [0.1, 0.15) is 11.1 Å². The Kier molecular flexibility index (Phi) is 7.44. The molecule has 0 aliphatic heterocycles. The zero-order chi connectivity index (χ0) is 21.3. The Balaban J connectivity index is 1.65.